The zero-order valence-electron chi connectivity index (χ0n) is 18.5. The number of aromatic nitrogens is 2. The molecule has 1 saturated heterocycles. The van der Waals surface area contributed by atoms with E-state index >= 15 is 0 Å². The molecule has 1 atom stereocenters. The van der Waals surface area contributed by atoms with Crippen molar-refractivity contribution in [2.24, 2.45) is 0 Å². The minimum Gasteiger partial charge on any atom is -0.348 e. The van der Waals surface area contributed by atoms with Gasteiger partial charge in [-0.15, -0.1) is 0 Å². The summed E-state index contributed by atoms with van der Waals surface area (Å²) >= 11 is 0. The van der Waals surface area contributed by atoms with Gasteiger partial charge in [-0.25, -0.2) is 4.98 Å². The van der Waals surface area contributed by atoms with Crippen LogP contribution in [-0.2, 0) is 0 Å². The number of carbonyl (C=O) groups excluding carboxylic acids is 1. The third-order valence-corrected chi connectivity index (χ3v) is 6.11. The zero-order valence-corrected chi connectivity index (χ0v) is 18.5. The van der Waals surface area contributed by atoms with Crippen LogP contribution >= 0.6 is 0 Å². The van der Waals surface area contributed by atoms with Crippen molar-refractivity contribution in [3.05, 3.63) is 83.4 Å². The van der Waals surface area contributed by atoms with Gasteiger partial charge in [0, 0.05) is 29.4 Å². The number of fused-ring (bicyclic) bond motifs is 1. The van der Waals surface area contributed by atoms with E-state index in [1.165, 1.54) is 5.56 Å². The first-order valence-electron chi connectivity index (χ1n) is 11.2. The highest BCUT2D eigenvalue weighted by Gasteiger charge is 2.19. The molecule has 6 heteroatoms. The monoisotopic (exact) mass is 435 g/mol. The van der Waals surface area contributed by atoms with Crippen molar-refractivity contribution in [1.82, 2.24) is 20.2 Å². The Bertz CT molecular complexity index is 1340. The molecule has 2 heterocycles. The molecule has 4 aromatic rings. The van der Waals surface area contributed by atoms with Gasteiger partial charge >= 0.3 is 0 Å². The summed E-state index contributed by atoms with van der Waals surface area (Å²) in [5, 5.41) is 15.6. The molecule has 1 aliphatic rings. The highest BCUT2D eigenvalue weighted by molar-refractivity contribution is 5.98. The lowest BCUT2D eigenvalue weighted by atomic mass is 10.1. The van der Waals surface area contributed by atoms with Gasteiger partial charge in [0.15, 0.2) is 0 Å². The van der Waals surface area contributed by atoms with Crippen molar-refractivity contribution < 1.29 is 4.79 Å². The van der Waals surface area contributed by atoms with Gasteiger partial charge in [0.1, 0.15) is 5.82 Å². The van der Waals surface area contributed by atoms with Gasteiger partial charge in [0.05, 0.1) is 22.7 Å². The lowest BCUT2D eigenvalue weighted by Gasteiger charge is -2.23. The SMILES string of the molecule is Cc1ccc(-n2c(-c3ccc(C#N)cc3)nc3cc(C(=O)NC4CCCNC4)ccc32)cc1. The second-order valence-electron chi connectivity index (χ2n) is 8.52. The maximum absolute atomic E-state index is 12.9. The van der Waals surface area contributed by atoms with Crippen LogP contribution in [0.15, 0.2) is 66.7 Å². The minimum atomic E-state index is -0.0737. The number of hydrogen-bond donors (Lipinski definition) is 2. The lowest BCUT2D eigenvalue weighted by Crippen LogP contribution is -2.45. The van der Waals surface area contributed by atoms with E-state index in [0.29, 0.717) is 11.1 Å². The van der Waals surface area contributed by atoms with E-state index in [9.17, 15) is 4.79 Å². The molecule has 0 spiro atoms. The molecule has 33 heavy (non-hydrogen) atoms. The summed E-state index contributed by atoms with van der Waals surface area (Å²) in [5.74, 6) is 0.697. The van der Waals surface area contributed by atoms with Crippen molar-refractivity contribution in [1.29, 1.82) is 5.26 Å². The summed E-state index contributed by atoms with van der Waals surface area (Å²) in [6, 6.07) is 23.7. The number of nitrogens with one attached hydrogen (secondary N) is 2. The highest BCUT2D eigenvalue weighted by atomic mass is 16.1. The van der Waals surface area contributed by atoms with Crippen LogP contribution in [0.1, 0.15) is 34.3 Å². The first-order chi connectivity index (χ1) is 16.1. The van der Waals surface area contributed by atoms with Crippen molar-refractivity contribution in [2.75, 3.05) is 13.1 Å². The maximum atomic E-state index is 12.9. The summed E-state index contributed by atoms with van der Waals surface area (Å²) < 4.78 is 2.10. The van der Waals surface area contributed by atoms with Gasteiger partial charge in [0.2, 0.25) is 0 Å². The molecule has 1 fully saturated rings. The van der Waals surface area contributed by atoms with E-state index in [0.717, 1.165) is 54.0 Å². The number of nitriles is 1. The Labute approximate surface area is 192 Å². The number of rotatable bonds is 4. The van der Waals surface area contributed by atoms with Crippen molar-refractivity contribution in [2.45, 2.75) is 25.8 Å². The molecule has 5 rings (SSSR count). The largest absolute Gasteiger partial charge is 0.348 e. The number of aryl methyl sites for hydroxylation is 1. The third kappa shape index (κ3) is 4.23. The minimum absolute atomic E-state index is 0.0737. The Hall–Kier alpha value is -3.95. The Morgan fingerprint density at radius 3 is 2.61 bits per heavy atom. The van der Waals surface area contributed by atoms with Gasteiger partial charge in [-0.05, 0) is 80.9 Å². The van der Waals surface area contributed by atoms with Gasteiger partial charge < -0.3 is 10.6 Å². The first kappa shape index (κ1) is 20.9. The normalized spacial score (nSPS) is 15.8. The van der Waals surface area contributed by atoms with E-state index < -0.39 is 0 Å². The van der Waals surface area contributed by atoms with E-state index in [4.69, 9.17) is 10.2 Å². The standard InChI is InChI=1S/C27H25N5O/c1-18-4-11-23(12-5-18)32-25-13-10-21(27(33)30-22-3-2-14-29-17-22)15-24(25)31-26(32)20-8-6-19(16-28)7-9-20/h4-13,15,22,29H,2-3,14,17H2,1H3,(H,30,33). The molecule has 164 valence electrons. The molecule has 1 aliphatic heterocycles. The van der Waals surface area contributed by atoms with Crippen molar-refractivity contribution in [3.63, 3.8) is 0 Å². The predicted molar refractivity (Wildman–Crippen MR) is 129 cm³/mol. The van der Waals surface area contributed by atoms with Crippen molar-refractivity contribution in [3.8, 4) is 23.1 Å². The molecule has 1 amide bonds. The molecule has 6 nitrogen and oxygen atoms in total. The number of piperidine rings is 1. The second-order valence-corrected chi connectivity index (χ2v) is 8.52. The number of carbonyl (C=O) groups is 1. The van der Waals surface area contributed by atoms with Crippen LogP contribution in [0, 0.1) is 18.3 Å². The van der Waals surface area contributed by atoms with E-state index in [1.807, 2.05) is 30.3 Å². The highest BCUT2D eigenvalue weighted by Crippen LogP contribution is 2.29. The number of benzene rings is 3. The number of amides is 1. The fourth-order valence-corrected chi connectivity index (χ4v) is 4.31. The Kier molecular flexibility index (Phi) is 5.64. The fraction of sp³-hybridized carbons (Fsp3) is 0.222. The van der Waals surface area contributed by atoms with Crippen LogP contribution in [0.5, 0.6) is 0 Å². The predicted octanol–water partition coefficient (Wildman–Crippen LogP) is 4.35. The Morgan fingerprint density at radius 2 is 1.91 bits per heavy atom. The van der Waals surface area contributed by atoms with Crippen LogP contribution in [0.25, 0.3) is 28.1 Å². The lowest BCUT2D eigenvalue weighted by molar-refractivity contribution is 0.0931. The smallest absolute Gasteiger partial charge is 0.251 e. The zero-order chi connectivity index (χ0) is 22.8. The number of nitrogens with zero attached hydrogens (tertiary/aromatic N) is 3. The second kappa shape index (κ2) is 8.89. The molecule has 0 aliphatic carbocycles. The summed E-state index contributed by atoms with van der Waals surface area (Å²) in [7, 11) is 0. The Morgan fingerprint density at radius 1 is 1.12 bits per heavy atom. The average molecular weight is 436 g/mol. The van der Waals surface area contributed by atoms with Crippen LogP contribution in [0.2, 0.25) is 0 Å². The molecular formula is C27H25N5O. The number of imidazole rings is 1. The molecule has 0 bridgehead atoms. The quantitative estimate of drug-likeness (QED) is 0.499. The molecule has 1 aromatic heterocycles. The van der Waals surface area contributed by atoms with E-state index in [2.05, 4.69) is 52.5 Å². The van der Waals surface area contributed by atoms with Gasteiger partial charge in [-0.2, -0.15) is 5.26 Å². The van der Waals surface area contributed by atoms with Crippen LogP contribution in [0.4, 0.5) is 0 Å². The molecule has 1 unspecified atom stereocenters. The number of hydrogen-bond acceptors (Lipinski definition) is 4. The fourth-order valence-electron chi connectivity index (χ4n) is 4.31. The van der Waals surface area contributed by atoms with E-state index in [1.54, 1.807) is 12.1 Å². The van der Waals surface area contributed by atoms with Gasteiger partial charge in [0.25, 0.3) is 5.91 Å². The summed E-state index contributed by atoms with van der Waals surface area (Å²) in [4.78, 5) is 17.8. The molecular weight excluding hydrogens is 410 g/mol. The molecule has 0 radical (unpaired) electrons. The van der Waals surface area contributed by atoms with Gasteiger partial charge in [-0.3, -0.25) is 9.36 Å². The molecule has 0 saturated carbocycles. The average Bonchev–Trinajstić information content (AvgIpc) is 3.24. The summed E-state index contributed by atoms with van der Waals surface area (Å²) in [6.45, 7) is 3.87. The Balaban J connectivity index is 1.58. The molecule has 2 N–H and O–H groups in total. The first-order valence-corrected chi connectivity index (χ1v) is 11.2. The topological polar surface area (TPSA) is 82.7 Å². The van der Waals surface area contributed by atoms with Crippen LogP contribution in [0.3, 0.4) is 0 Å². The van der Waals surface area contributed by atoms with Crippen molar-refractivity contribution >= 4 is 16.9 Å². The van der Waals surface area contributed by atoms with Gasteiger partial charge in [-0.1, -0.05) is 17.7 Å². The van der Waals surface area contributed by atoms with Crippen LogP contribution in [-0.4, -0.2) is 34.6 Å². The molecule has 3 aromatic carbocycles. The summed E-state index contributed by atoms with van der Waals surface area (Å²) in [5.41, 5.74) is 5.97. The maximum Gasteiger partial charge on any atom is 0.251 e. The third-order valence-electron chi connectivity index (χ3n) is 6.11. The van der Waals surface area contributed by atoms with E-state index in [-0.39, 0.29) is 11.9 Å². The summed E-state index contributed by atoms with van der Waals surface area (Å²) in [6.07, 6.45) is 2.06. The van der Waals surface area contributed by atoms with Crippen LogP contribution < -0.4 is 10.6 Å².